The lowest BCUT2D eigenvalue weighted by atomic mass is 10.1. The van der Waals surface area contributed by atoms with Crippen molar-refractivity contribution in [2.45, 2.75) is 30.5 Å². The van der Waals surface area contributed by atoms with Gasteiger partial charge in [0.1, 0.15) is 5.82 Å². The lowest BCUT2D eigenvalue weighted by Crippen LogP contribution is -2.10. The molecule has 1 aromatic carbocycles. The zero-order chi connectivity index (χ0) is 13.8. The molecule has 0 saturated carbocycles. The molecule has 1 unspecified atom stereocenters. The highest BCUT2D eigenvalue weighted by Crippen LogP contribution is 2.24. The molecule has 3 nitrogen and oxygen atoms in total. The van der Waals surface area contributed by atoms with Crippen LogP contribution in [0.15, 0.2) is 39.8 Å². The van der Waals surface area contributed by atoms with E-state index in [1.54, 1.807) is 11.8 Å². The first-order valence-corrected chi connectivity index (χ1v) is 7.80. The molecule has 0 radical (unpaired) electrons. The summed E-state index contributed by atoms with van der Waals surface area (Å²) in [7, 11) is 0. The Balaban J connectivity index is 2.06. The first kappa shape index (κ1) is 14.5. The molecule has 19 heavy (non-hydrogen) atoms. The third kappa shape index (κ3) is 4.03. The largest absolute Gasteiger partial charge is 0.324 e. The van der Waals surface area contributed by atoms with E-state index in [4.69, 9.17) is 5.73 Å². The van der Waals surface area contributed by atoms with Crippen molar-refractivity contribution in [2.24, 2.45) is 5.73 Å². The molecule has 2 N–H and O–H groups in total. The van der Waals surface area contributed by atoms with Crippen molar-refractivity contribution in [1.82, 2.24) is 9.97 Å². The molecule has 1 aromatic heterocycles. The smallest absolute Gasteiger partial charge is 0.138 e. The Morgan fingerprint density at radius 1 is 1.42 bits per heavy atom. The summed E-state index contributed by atoms with van der Waals surface area (Å²) < 4.78 is 1.09. The minimum Gasteiger partial charge on any atom is -0.324 e. The van der Waals surface area contributed by atoms with Crippen LogP contribution in [0, 0.1) is 6.92 Å². The van der Waals surface area contributed by atoms with Crippen LogP contribution in [-0.4, -0.2) is 9.97 Å². The second kappa shape index (κ2) is 6.50. The molecule has 0 aliphatic heterocycles. The van der Waals surface area contributed by atoms with E-state index in [0.717, 1.165) is 27.3 Å². The van der Waals surface area contributed by atoms with Crippen LogP contribution >= 0.6 is 27.7 Å². The fraction of sp³-hybridized carbons (Fsp3) is 0.286. The highest BCUT2D eigenvalue weighted by atomic mass is 79.9. The third-order valence-electron chi connectivity index (χ3n) is 2.72. The Morgan fingerprint density at radius 3 is 2.84 bits per heavy atom. The van der Waals surface area contributed by atoms with Crippen LogP contribution in [0.2, 0.25) is 0 Å². The summed E-state index contributed by atoms with van der Waals surface area (Å²) in [5.74, 6) is 1.60. The van der Waals surface area contributed by atoms with Gasteiger partial charge in [-0.15, -0.1) is 11.8 Å². The number of thioether (sulfide) groups is 1. The number of aryl methyl sites for hydroxylation is 1. The topological polar surface area (TPSA) is 51.8 Å². The van der Waals surface area contributed by atoms with Gasteiger partial charge < -0.3 is 5.73 Å². The van der Waals surface area contributed by atoms with E-state index in [9.17, 15) is 0 Å². The summed E-state index contributed by atoms with van der Waals surface area (Å²) in [5.41, 5.74) is 7.83. The standard InChI is InChI=1S/C14H16BrN3S/c1-9(16)13-7-17-14(18-10(13)2)8-19-12-5-3-4-11(15)6-12/h3-7,9H,8,16H2,1-2H3. The predicted octanol–water partition coefficient (Wildman–Crippen LogP) is 3.86. The molecule has 0 aliphatic rings. The lowest BCUT2D eigenvalue weighted by molar-refractivity contribution is 0.781. The second-order valence-corrected chi connectivity index (χ2v) is 6.33. The molecular formula is C14H16BrN3S. The summed E-state index contributed by atoms with van der Waals surface area (Å²) >= 11 is 5.19. The van der Waals surface area contributed by atoms with Gasteiger partial charge in [0, 0.05) is 32.9 Å². The number of hydrogen-bond donors (Lipinski definition) is 1. The van der Waals surface area contributed by atoms with Crippen LogP contribution in [-0.2, 0) is 5.75 Å². The van der Waals surface area contributed by atoms with Gasteiger partial charge in [-0.1, -0.05) is 22.0 Å². The van der Waals surface area contributed by atoms with Crippen molar-refractivity contribution in [3.63, 3.8) is 0 Å². The summed E-state index contributed by atoms with van der Waals surface area (Å²) in [4.78, 5) is 10.1. The molecule has 0 amide bonds. The molecule has 1 heterocycles. The van der Waals surface area contributed by atoms with Crippen molar-refractivity contribution in [3.8, 4) is 0 Å². The molecule has 0 fully saturated rings. The lowest BCUT2D eigenvalue weighted by Gasteiger charge is -2.09. The van der Waals surface area contributed by atoms with Crippen molar-refractivity contribution >= 4 is 27.7 Å². The zero-order valence-electron chi connectivity index (χ0n) is 10.9. The fourth-order valence-electron chi connectivity index (χ4n) is 1.75. The maximum Gasteiger partial charge on any atom is 0.138 e. The number of aromatic nitrogens is 2. The molecule has 0 bridgehead atoms. The third-order valence-corrected chi connectivity index (χ3v) is 4.20. The molecule has 5 heteroatoms. The van der Waals surface area contributed by atoms with Crippen LogP contribution in [0.4, 0.5) is 0 Å². The summed E-state index contributed by atoms with van der Waals surface area (Å²) in [6.07, 6.45) is 1.84. The highest BCUT2D eigenvalue weighted by molar-refractivity contribution is 9.10. The normalized spacial score (nSPS) is 12.4. The summed E-state index contributed by atoms with van der Waals surface area (Å²) in [5, 5.41) is 0. The Labute approximate surface area is 126 Å². The van der Waals surface area contributed by atoms with E-state index in [0.29, 0.717) is 0 Å². The van der Waals surface area contributed by atoms with Crippen LogP contribution < -0.4 is 5.73 Å². The molecule has 0 saturated heterocycles. The monoisotopic (exact) mass is 337 g/mol. The van der Waals surface area contributed by atoms with Crippen molar-refractivity contribution in [2.75, 3.05) is 0 Å². The van der Waals surface area contributed by atoms with Crippen molar-refractivity contribution < 1.29 is 0 Å². The van der Waals surface area contributed by atoms with Crippen LogP contribution in [0.5, 0.6) is 0 Å². The number of nitrogens with two attached hydrogens (primary N) is 1. The Bertz CT molecular complexity index is 572. The van der Waals surface area contributed by atoms with Gasteiger partial charge in [-0.05, 0) is 32.0 Å². The average molecular weight is 338 g/mol. The van der Waals surface area contributed by atoms with Gasteiger partial charge >= 0.3 is 0 Å². The number of rotatable bonds is 4. The van der Waals surface area contributed by atoms with E-state index in [1.165, 1.54) is 4.90 Å². The molecule has 0 aliphatic carbocycles. The maximum atomic E-state index is 5.86. The number of hydrogen-bond acceptors (Lipinski definition) is 4. The maximum absolute atomic E-state index is 5.86. The number of benzene rings is 1. The predicted molar refractivity (Wildman–Crippen MR) is 83.1 cm³/mol. The molecule has 2 aromatic rings. The Morgan fingerprint density at radius 2 is 2.21 bits per heavy atom. The second-order valence-electron chi connectivity index (χ2n) is 4.36. The van der Waals surface area contributed by atoms with Crippen molar-refractivity contribution in [1.29, 1.82) is 0 Å². The van der Waals surface area contributed by atoms with E-state index in [-0.39, 0.29) is 6.04 Å². The molecule has 0 spiro atoms. The van der Waals surface area contributed by atoms with E-state index >= 15 is 0 Å². The van der Waals surface area contributed by atoms with Crippen LogP contribution in [0.1, 0.15) is 30.0 Å². The van der Waals surface area contributed by atoms with Gasteiger partial charge in [-0.2, -0.15) is 0 Å². The van der Waals surface area contributed by atoms with E-state index < -0.39 is 0 Å². The minimum atomic E-state index is -0.0215. The minimum absolute atomic E-state index is 0.0215. The molecule has 2 rings (SSSR count). The molecule has 100 valence electrons. The quantitative estimate of drug-likeness (QED) is 0.860. The van der Waals surface area contributed by atoms with Gasteiger partial charge in [-0.3, -0.25) is 0 Å². The average Bonchev–Trinajstić information content (AvgIpc) is 2.36. The SMILES string of the molecule is Cc1nc(CSc2cccc(Br)c2)ncc1C(C)N. The van der Waals surface area contributed by atoms with Gasteiger partial charge in [0.15, 0.2) is 0 Å². The van der Waals surface area contributed by atoms with Crippen LogP contribution in [0.3, 0.4) is 0 Å². The van der Waals surface area contributed by atoms with Gasteiger partial charge in [0.2, 0.25) is 0 Å². The van der Waals surface area contributed by atoms with Gasteiger partial charge in [-0.25, -0.2) is 9.97 Å². The van der Waals surface area contributed by atoms with E-state index in [2.05, 4.69) is 38.0 Å². The summed E-state index contributed by atoms with van der Waals surface area (Å²) in [6.45, 7) is 3.93. The first-order chi connectivity index (χ1) is 9.06. The summed E-state index contributed by atoms with van der Waals surface area (Å²) in [6, 6.07) is 8.19. The van der Waals surface area contributed by atoms with Gasteiger partial charge in [0.05, 0.1) is 5.75 Å². The Kier molecular flexibility index (Phi) is 4.96. The first-order valence-electron chi connectivity index (χ1n) is 6.02. The van der Waals surface area contributed by atoms with Gasteiger partial charge in [0.25, 0.3) is 0 Å². The Hall–Kier alpha value is -0.910. The highest BCUT2D eigenvalue weighted by Gasteiger charge is 2.07. The fourth-order valence-corrected chi connectivity index (χ4v) is 3.12. The van der Waals surface area contributed by atoms with Crippen molar-refractivity contribution in [3.05, 3.63) is 52.0 Å². The zero-order valence-corrected chi connectivity index (χ0v) is 13.3. The van der Waals surface area contributed by atoms with E-state index in [1.807, 2.05) is 32.2 Å². The number of halogens is 1. The van der Waals surface area contributed by atoms with Crippen LogP contribution in [0.25, 0.3) is 0 Å². The number of nitrogens with zero attached hydrogens (tertiary/aromatic N) is 2. The molecule has 1 atom stereocenters. The molecular weight excluding hydrogens is 322 g/mol.